The Bertz CT molecular complexity index is 752. The van der Waals surface area contributed by atoms with E-state index in [-0.39, 0.29) is 4.90 Å². The van der Waals surface area contributed by atoms with Crippen molar-refractivity contribution in [2.75, 3.05) is 19.8 Å². The van der Waals surface area contributed by atoms with Gasteiger partial charge in [0.2, 0.25) is 10.0 Å². The number of hydrogen-bond donors (Lipinski definition) is 4. The number of halogens is 1. The van der Waals surface area contributed by atoms with Crippen LogP contribution in [0.4, 0.5) is 4.79 Å². The van der Waals surface area contributed by atoms with E-state index >= 15 is 0 Å². The Morgan fingerprint density at radius 2 is 1.85 bits per heavy atom. The van der Waals surface area contributed by atoms with Gasteiger partial charge in [0.25, 0.3) is 5.91 Å². The van der Waals surface area contributed by atoms with Gasteiger partial charge in [-0.2, -0.15) is 4.72 Å². The fraction of sp³-hybridized carbons (Fsp3) is 0.357. The Morgan fingerprint density at radius 3 is 2.38 bits per heavy atom. The molecule has 0 saturated heterocycles. The van der Waals surface area contributed by atoms with Crippen LogP contribution in [0.5, 0.6) is 0 Å². The lowest BCUT2D eigenvalue weighted by Gasteiger charge is -2.15. The molecule has 10 nitrogen and oxygen atoms in total. The van der Waals surface area contributed by atoms with Gasteiger partial charge in [-0.3, -0.25) is 14.9 Å². The monoisotopic (exact) mass is 451 g/mol. The van der Waals surface area contributed by atoms with Crippen molar-refractivity contribution in [3.63, 3.8) is 0 Å². The number of carbonyl (C=O) groups excluding carboxylic acids is 3. The maximum absolute atomic E-state index is 12.2. The summed E-state index contributed by atoms with van der Waals surface area (Å²) >= 11 is 3.16. The third kappa shape index (κ3) is 7.07. The number of benzene rings is 1. The Hall–Kier alpha value is -2.02. The van der Waals surface area contributed by atoms with Crippen LogP contribution in [0.15, 0.2) is 33.6 Å². The van der Waals surface area contributed by atoms with E-state index in [4.69, 9.17) is 0 Å². The largest absolute Gasteiger partial charge is 0.454 e. The summed E-state index contributed by atoms with van der Waals surface area (Å²) in [5.74, 6) is -2.07. The molecule has 1 unspecified atom stereocenters. The topological polar surface area (TPSA) is 151 Å². The maximum Gasteiger partial charge on any atom is 0.327 e. The van der Waals surface area contributed by atoms with Gasteiger partial charge in [-0.15, -0.1) is 0 Å². The maximum atomic E-state index is 12.2. The van der Waals surface area contributed by atoms with Gasteiger partial charge in [-0.05, 0) is 31.2 Å². The van der Waals surface area contributed by atoms with Crippen LogP contribution in [-0.2, 0) is 24.3 Å². The summed E-state index contributed by atoms with van der Waals surface area (Å²) < 4.78 is 31.6. The highest BCUT2D eigenvalue weighted by Gasteiger charge is 2.27. The first-order valence-corrected chi connectivity index (χ1v) is 9.60. The predicted molar refractivity (Wildman–Crippen MR) is 93.5 cm³/mol. The lowest BCUT2D eigenvalue weighted by atomic mass is 10.3. The van der Waals surface area contributed by atoms with E-state index in [0.29, 0.717) is 11.0 Å². The SMILES string of the molecule is CCNC(=O)NC(=O)COC(=O)C(CO)NS(=O)(=O)c1ccc(Br)cc1. The number of ether oxygens (including phenoxy) is 1. The minimum Gasteiger partial charge on any atom is -0.454 e. The highest BCUT2D eigenvalue weighted by Crippen LogP contribution is 2.15. The molecular formula is C14H18BrN3O7S. The summed E-state index contributed by atoms with van der Waals surface area (Å²) in [6, 6.07) is 3.21. The number of carbonyl (C=O) groups is 3. The quantitative estimate of drug-likeness (QED) is 0.388. The molecular weight excluding hydrogens is 434 g/mol. The van der Waals surface area contributed by atoms with Crippen molar-refractivity contribution in [3.8, 4) is 0 Å². The average molecular weight is 452 g/mol. The van der Waals surface area contributed by atoms with Crippen LogP contribution < -0.4 is 15.4 Å². The summed E-state index contributed by atoms with van der Waals surface area (Å²) in [6.07, 6.45) is 0. The van der Waals surface area contributed by atoms with Crippen LogP contribution in [0.25, 0.3) is 0 Å². The minimum atomic E-state index is -4.09. The first kappa shape index (κ1) is 22.0. The summed E-state index contributed by atoms with van der Waals surface area (Å²) in [4.78, 5) is 34.3. The van der Waals surface area contributed by atoms with Gasteiger partial charge < -0.3 is 15.2 Å². The number of aliphatic hydroxyl groups excluding tert-OH is 1. The van der Waals surface area contributed by atoms with Crippen molar-refractivity contribution in [1.82, 2.24) is 15.4 Å². The molecule has 0 heterocycles. The number of sulfonamides is 1. The fourth-order valence-electron chi connectivity index (χ4n) is 1.63. The molecule has 0 aliphatic rings. The standard InChI is InChI=1S/C14H18BrN3O7S/c1-2-16-14(22)17-12(20)8-25-13(21)11(7-19)18-26(23,24)10-5-3-9(15)4-6-10/h3-6,11,18-19H,2,7-8H2,1H3,(H2,16,17,20,22). The predicted octanol–water partition coefficient (Wildman–Crippen LogP) is -0.523. The molecule has 0 radical (unpaired) electrons. The van der Waals surface area contributed by atoms with Gasteiger partial charge in [-0.1, -0.05) is 15.9 Å². The lowest BCUT2D eigenvalue weighted by molar-refractivity contribution is -0.150. The summed E-state index contributed by atoms with van der Waals surface area (Å²) in [6.45, 7) is 0.246. The second-order valence-electron chi connectivity index (χ2n) is 4.83. The first-order chi connectivity index (χ1) is 12.2. The van der Waals surface area contributed by atoms with Crippen LogP contribution >= 0.6 is 15.9 Å². The molecule has 1 atom stereocenters. The van der Waals surface area contributed by atoms with Crippen molar-refractivity contribution in [3.05, 3.63) is 28.7 Å². The zero-order valence-electron chi connectivity index (χ0n) is 13.7. The molecule has 1 rings (SSSR count). The molecule has 0 fully saturated rings. The van der Waals surface area contributed by atoms with Gasteiger partial charge in [0.1, 0.15) is 6.04 Å². The number of amides is 3. The van der Waals surface area contributed by atoms with Crippen molar-refractivity contribution >= 4 is 43.9 Å². The molecule has 0 spiro atoms. The van der Waals surface area contributed by atoms with E-state index in [2.05, 4.69) is 26.0 Å². The third-order valence-corrected chi connectivity index (χ3v) is 4.84. The van der Waals surface area contributed by atoms with Crippen LogP contribution in [-0.4, -0.2) is 57.2 Å². The number of aliphatic hydroxyl groups is 1. The highest BCUT2D eigenvalue weighted by atomic mass is 79.9. The zero-order chi connectivity index (χ0) is 19.7. The smallest absolute Gasteiger partial charge is 0.327 e. The summed E-state index contributed by atoms with van der Waals surface area (Å²) in [7, 11) is -4.09. The van der Waals surface area contributed by atoms with E-state index in [9.17, 15) is 27.9 Å². The molecule has 144 valence electrons. The van der Waals surface area contributed by atoms with Crippen molar-refractivity contribution < 1.29 is 32.6 Å². The molecule has 3 amide bonds. The van der Waals surface area contributed by atoms with E-state index in [0.717, 1.165) is 0 Å². The summed E-state index contributed by atoms with van der Waals surface area (Å²) in [5.41, 5.74) is 0. The molecule has 0 aliphatic carbocycles. The van der Waals surface area contributed by atoms with Gasteiger partial charge in [0.15, 0.2) is 6.61 Å². The zero-order valence-corrected chi connectivity index (χ0v) is 16.1. The molecule has 1 aromatic rings. The average Bonchev–Trinajstić information content (AvgIpc) is 2.58. The van der Waals surface area contributed by atoms with Gasteiger partial charge in [0, 0.05) is 11.0 Å². The fourth-order valence-corrected chi connectivity index (χ4v) is 3.07. The molecule has 0 aromatic heterocycles. The third-order valence-electron chi connectivity index (χ3n) is 2.82. The van der Waals surface area contributed by atoms with E-state index < -0.39 is 47.2 Å². The molecule has 1 aromatic carbocycles. The second-order valence-corrected chi connectivity index (χ2v) is 7.46. The van der Waals surface area contributed by atoms with Crippen LogP contribution in [0.2, 0.25) is 0 Å². The number of nitrogens with one attached hydrogen (secondary N) is 3. The Morgan fingerprint density at radius 1 is 1.23 bits per heavy atom. The van der Waals surface area contributed by atoms with Crippen LogP contribution in [0, 0.1) is 0 Å². The molecule has 26 heavy (non-hydrogen) atoms. The van der Waals surface area contributed by atoms with Gasteiger partial charge in [-0.25, -0.2) is 13.2 Å². The summed E-state index contributed by atoms with van der Waals surface area (Å²) in [5, 5.41) is 13.4. The van der Waals surface area contributed by atoms with E-state index in [1.54, 1.807) is 6.92 Å². The van der Waals surface area contributed by atoms with Gasteiger partial charge in [0.05, 0.1) is 11.5 Å². The number of rotatable bonds is 8. The van der Waals surface area contributed by atoms with Crippen LogP contribution in [0.3, 0.4) is 0 Å². The lowest BCUT2D eigenvalue weighted by Crippen LogP contribution is -2.46. The number of esters is 1. The number of hydrogen-bond acceptors (Lipinski definition) is 7. The van der Waals surface area contributed by atoms with Crippen molar-refractivity contribution in [2.45, 2.75) is 17.9 Å². The van der Waals surface area contributed by atoms with Crippen molar-refractivity contribution in [1.29, 1.82) is 0 Å². The molecule has 0 bridgehead atoms. The second kappa shape index (κ2) is 10.2. The molecule has 12 heteroatoms. The van der Waals surface area contributed by atoms with Crippen LogP contribution in [0.1, 0.15) is 6.92 Å². The molecule has 0 aliphatic heterocycles. The first-order valence-electron chi connectivity index (χ1n) is 7.32. The number of imide groups is 1. The Labute approximate surface area is 158 Å². The van der Waals surface area contributed by atoms with Crippen molar-refractivity contribution in [2.24, 2.45) is 0 Å². The highest BCUT2D eigenvalue weighted by molar-refractivity contribution is 9.10. The molecule has 0 saturated carbocycles. The Balaban J connectivity index is 2.64. The van der Waals surface area contributed by atoms with E-state index in [1.807, 2.05) is 10.0 Å². The normalized spacial score (nSPS) is 12.1. The minimum absolute atomic E-state index is 0.124. The number of urea groups is 1. The Kier molecular flexibility index (Phi) is 8.65. The van der Waals surface area contributed by atoms with E-state index in [1.165, 1.54) is 24.3 Å². The van der Waals surface area contributed by atoms with Gasteiger partial charge >= 0.3 is 12.0 Å². The molecule has 4 N–H and O–H groups in total.